The van der Waals surface area contributed by atoms with E-state index in [0.29, 0.717) is 36.7 Å². The molecule has 5 rings (SSSR count). The van der Waals surface area contributed by atoms with Gasteiger partial charge in [0.25, 0.3) is 0 Å². The number of sulfonamides is 1. The lowest BCUT2D eigenvalue weighted by Crippen LogP contribution is -2.49. The quantitative estimate of drug-likeness (QED) is 0.305. The number of rotatable bonds is 11. The minimum absolute atomic E-state index is 0.0770. The fourth-order valence-electron chi connectivity index (χ4n) is 6.27. The van der Waals surface area contributed by atoms with Gasteiger partial charge < -0.3 is 29.2 Å². The molecule has 2 aromatic carbocycles. The summed E-state index contributed by atoms with van der Waals surface area (Å²) in [4.78, 5) is 26.4. The van der Waals surface area contributed by atoms with Crippen molar-refractivity contribution in [3.63, 3.8) is 0 Å². The first-order chi connectivity index (χ1) is 22.2. The van der Waals surface area contributed by atoms with Gasteiger partial charge in [0.1, 0.15) is 23.4 Å². The summed E-state index contributed by atoms with van der Waals surface area (Å²) in [6, 6.07) is 12.2. The molecule has 2 atom stereocenters. The molecule has 13 nitrogen and oxygen atoms in total. The predicted molar refractivity (Wildman–Crippen MR) is 174 cm³/mol. The number of aryl methyl sites for hydroxylation is 1. The number of pyridine rings is 1. The molecule has 256 valence electrons. The highest BCUT2D eigenvalue weighted by Gasteiger charge is 2.47. The maximum Gasteiger partial charge on any atom is 0.407 e. The third-order valence-electron chi connectivity index (χ3n) is 9.03. The molecular formula is C32H41N3O10S2. The predicted octanol–water partition coefficient (Wildman–Crippen LogP) is 2.94. The monoisotopic (exact) mass is 691 g/mol. The minimum Gasteiger partial charge on any atom is -0.491 e. The van der Waals surface area contributed by atoms with Gasteiger partial charge in [0, 0.05) is 31.2 Å². The largest absolute Gasteiger partial charge is 0.491 e. The first kappa shape index (κ1) is 34.8. The second kappa shape index (κ2) is 13.5. The number of hydrogen-bond donors (Lipinski definition) is 2. The zero-order valence-electron chi connectivity index (χ0n) is 26.6. The summed E-state index contributed by atoms with van der Waals surface area (Å²) in [5.74, 6) is 0.231. The van der Waals surface area contributed by atoms with Gasteiger partial charge in [0.15, 0.2) is 9.84 Å². The summed E-state index contributed by atoms with van der Waals surface area (Å²) in [5.41, 5.74) is -0.634. The zero-order chi connectivity index (χ0) is 34.1. The Labute approximate surface area is 274 Å². The normalized spacial score (nSPS) is 19.3. The number of amides is 1. The first-order valence-corrected chi connectivity index (χ1v) is 18.6. The van der Waals surface area contributed by atoms with E-state index in [1.807, 2.05) is 6.92 Å². The van der Waals surface area contributed by atoms with E-state index in [1.165, 1.54) is 28.7 Å². The van der Waals surface area contributed by atoms with Gasteiger partial charge in [-0.2, -0.15) is 4.31 Å². The molecule has 3 heterocycles. The average molecular weight is 692 g/mol. The minimum atomic E-state index is -4.11. The fraction of sp³-hybridized carbons (Fsp3) is 0.500. The molecule has 1 aromatic heterocycles. The van der Waals surface area contributed by atoms with Crippen molar-refractivity contribution in [2.75, 3.05) is 32.8 Å². The van der Waals surface area contributed by atoms with Crippen LogP contribution in [-0.4, -0.2) is 103 Å². The molecule has 0 bridgehead atoms. The van der Waals surface area contributed by atoms with E-state index in [0.717, 1.165) is 4.90 Å². The second-order valence-electron chi connectivity index (χ2n) is 12.4. The summed E-state index contributed by atoms with van der Waals surface area (Å²) in [6.07, 6.45) is -0.122. The number of fused-ring (bicyclic) bond motifs is 1. The van der Waals surface area contributed by atoms with Gasteiger partial charge in [-0.25, -0.2) is 21.6 Å². The Bertz CT molecular complexity index is 1900. The van der Waals surface area contributed by atoms with E-state index >= 15 is 0 Å². The number of para-hydroxylation sites is 1. The lowest BCUT2D eigenvalue weighted by Gasteiger charge is -2.38. The summed E-state index contributed by atoms with van der Waals surface area (Å²) < 4.78 is 67.1. The number of hydrogen-bond acceptors (Lipinski definition) is 9. The van der Waals surface area contributed by atoms with Crippen molar-refractivity contribution in [1.82, 2.24) is 13.8 Å². The van der Waals surface area contributed by atoms with Crippen LogP contribution in [0.2, 0.25) is 0 Å². The molecule has 47 heavy (non-hydrogen) atoms. The van der Waals surface area contributed by atoms with Gasteiger partial charge in [-0.05, 0) is 70.4 Å². The molecule has 2 aliphatic rings. The van der Waals surface area contributed by atoms with Crippen molar-refractivity contribution in [3.05, 3.63) is 65.0 Å². The Morgan fingerprint density at radius 3 is 2.47 bits per heavy atom. The zero-order valence-corrected chi connectivity index (χ0v) is 28.2. The van der Waals surface area contributed by atoms with Crippen LogP contribution < -0.4 is 10.2 Å². The molecular weight excluding hydrogens is 650 g/mol. The van der Waals surface area contributed by atoms with Crippen LogP contribution in [0.3, 0.4) is 0 Å². The van der Waals surface area contributed by atoms with Crippen molar-refractivity contribution < 1.29 is 41.3 Å². The summed E-state index contributed by atoms with van der Waals surface area (Å²) >= 11 is 0. The average Bonchev–Trinajstić information content (AvgIpc) is 3.45. The molecule has 1 spiro atoms. The van der Waals surface area contributed by atoms with Crippen LogP contribution in [0.4, 0.5) is 4.79 Å². The number of sulfone groups is 1. The maximum absolute atomic E-state index is 13.7. The van der Waals surface area contributed by atoms with Crippen molar-refractivity contribution >= 4 is 36.9 Å². The highest BCUT2D eigenvalue weighted by Crippen LogP contribution is 2.39. The second-order valence-corrected chi connectivity index (χ2v) is 16.8. The Hall–Kier alpha value is -3.50. The highest BCUT2D eigenvalue weighted by atomic mass is 32.2. The molecule has 15 heteroatoms. The van der Waals surface area contributed by atoms with E-state index in [4.69, 9.17) is 9.47 Å². The smallest absolute Gasteiger partial charge is 0.407 e. The van der Waals surface area contributed by atoms with E-state index in [2.05, 4.69) is 0 Å². The molecule has 2 aliphatic heterocycles. The maximum atomic E-state index is 13.7. The van der Waals surface area contributed by atoms with Crippen molar-refractivity contribution in [2.45, 2.75) is 79.4 Å². The lowest BCUT2D eigenvalue weighted by atomic mass is 9.88. The SMILES string of the molecule is CCn1cc(S(=O)(=O)N2CCC3(CC2)C[C@@H](N(C[C@H](O)COc2cccc(S(=O)(=O)C(C)C)c2)C(=O)O)CO3)c(=O)c2ccccc21. The van der Waals surface area contributed by atoms with Crippen LogP contribution in [0.1, 0.15) is 40.0 Å². The molecule has 0 radical (unpaired) electrons. The number of aliphatic hydroxyl groups is 1. The molecule has 1 amide bonds. The van der Waals surface area contributed by atoms with Gasteiger partial charge in [0.2, 0.25) is 15.5 Å². The number of piperidine rings is 1. The Morgan fingerprint density at radius 2 is 1.81 bits per heavy atom. The lowest BCUT2D eigenvalue weighted by molar-refractivity contribution is -0.0319. The number of aromatic nitrogens is 1. The van der Waals surface area contributed by atoms with Gasteiger partial charge in [-0.1, -0.05) is 18.2 Å². The van der Waals surface area contributed by atoms with Crippen LogP contribution in [0, 0.1) is 0 Å². The van der Waals surface area contributed by atoms with Crippen LogP contribution in [0.25, 0.3) is 10.9 Å². The Balaban J connectivity index is 1.21. The fourth-order valence-corrected chi connectivity index (χ4v) is 8.91. The highest BCUT2D eigenvalue weighted by molar-refractivity contribution is 7.92. The van der Waals surface area contributed by atoms with Crippen LogP contribution in [0.5, 0.6) is 5.75 Å². The van der Waals surface area contributed by atoms with Gasteiger partial charge in [0.05, 0.1) is 40.5 Å². The van der Waals surface area contributed by atoms with E-state index < -0.39 is 54.4 Å². The van der Waals surface area contributed by atoms with Crippen molar-refractivity contribution in [2.24, 2.45) is 0 Å². The van der Waals surface area contributed by atoms with Crippen molar-refractivity contribution in [1.29, 1.82) is 0 Å². The van der Waals surface area contributed by atoms with E-state index in [-0.39, 0.29) is 48.4 Å². The number of nitrogens with zero attached hydrogens (tertiary/aromatic N) is 3. The molecule has 3 aromatic rings. The molecule has 2 saturated heterocycles. The Kier molecular flexibility index (Phi) is 10.0. The third-order valence-corrected chi connectivity index (χ3v) is 13.1. The van der Waals surface area contributed by atoms with Gasteiger partial charge in [-0.3, -0.25) is 4.79 Å². The van der Waals surface area contributed by atoms with Crippen LogP contribution in [0.15, 0.2) is 69.3 Å². The molecule has 0 saturated carbocycles. The van der Waals surface area contributed by atoms with Gasteiger partial charge in [-0.15, -0.1) is 0 Å². The summed E-state index contributed by atoms with van der Waals surface area (Å²) in [5, 5.41) is 20.4. The van der Waals surface area contributed by atoms with Crippen LogP contribution in [-0.2, 0) is 31.1 Å². The number of ether oxygens (including phenoxy) is 2. The van der Waals surface area contributed by atoms with Gasteiger partial charge >= 0.3 is 6.09 Å². The molecule has 0 unspecified atom stereocenters. The number of aliphatic hydroxyl groups excluding tert-OH is 1. The third kappa shape index (κ3) is 7.04. The van der Waals surface area contributed by atoms with Crippen molar-refractivity contribution in [3.8, 4) is 5.75 Å². The number of carbonyl (C=O) groups is 1. The summed E-state index contributed by atoms with van der Waals surface area (Å²) in [7, 11) is -7.63. The van der Waals surface area contributed by atoms with Crippen LogP contribution >= 0.6 is 0 Å². The standard InChI is InChI=1S/C32H41N3O10S2/c1-4-33-19-29(30(37)27-10-5-6-11-28(27)33)47(42,43)34-14-12-32(13-15-34)17-23(20-45-32)35(31(38)39)18-24(36)21-44-25-8-7-9-26(16-25)46(40,41)22(2)3/h5-11,16,19,22-24,36H,4,12-15,17-18,20-21H2,1-3H3,(H,38,39)/t23-,24+/m1/s1. The molecule has 2 fully saturated rings. The van der Waals surface area contributed by atoms with E-state index in [9.17, 15) is 36.6 Å². The number of benzene rings is 2. The number of carboxylic acid groups (broad SMARTS) is 1. The Morgan fingerprint density at radius 1 is 1.11 bits per heavy atom. The van der Waals surface area contributed by atoms with E-state index in [1.54, 1.807) is 48.7 Å². The first-order valence-electron chi connectivity index (χ1n) is 15.6. The molecule has 0 aliphatic carbocycles. The topological polar surface area (TPSA) is 173 Å². The molecule has 2 N–H and O–H groups in total. The summed E-state index contributed by atoms with van der Waals surface area (Å²) in [6.45, 7) is 5.25.